The first kappa shape index (κ1) is 17.1. The highest BCUT2D eigenvalue weighted by atomic mass is 32.2. The van der Waals surface area contributed by atoms with E-state index in [2.05, 4.69) is 0 Å². The number of nitrogens with zero attached hydrogens (tertiary/aromatic N) is 4. The third kappa shape index (κ3) is 3.56. The van der Waals surface area contributed by atoms with E-state index in [1.807, 2.05) is 0 Å². The second kappa shape index (κ2) is 6.08. The SMILES string of the molecule is C[C@H]1CN(c2ccc([N+](=O)[O-])cc2[N+](=O)[O-])CCN1S(C)(=O)=O. The van der Waals surface area contributed by atoms with Crippen molar-refractivity contribution in [3.8, 4) is 0 Å². The van der Waals surface area contributed by atoms with Gasteiger partial charge >= 0.3 is 0 Å². The van der Waals surface area contributed by atoms with Gasteiger partial charge in [0.05, 0.1) is 22.2 Å². The molecule has 2 rings (SSSR count). The Bertz CT molecular complexity index is 750. The summed E-state index contributed by atoms with van der Waals surface area (Å²) >= 11 is 0. The molecule has 11 heteroatoms. The summed E-state index contributed by atoms with van der Waals surface area (Å²) in [4.78, 5) is 22.3. The summed E-state index contributed by atoms with van der Waals surface area (Å²) in [6.45, 7) is 2.46. The van der Waals surface area contributed by atoms with Crippen LogP contribution in [-0.4, -0.2) is 54.5 Å². The van der Waals surface area contributed by atoms with Crippen LogP contribution in [0.2, 0.25) is 0 Å². The summed E-state index contributed by atoms with van der Waals surface area (Å²) in [5, 5.41) is 22.0. The maximum absolute atomic E-state index is 11.7. The molecule has 1 aromatic carbocycles. The molecule has 1 aliphatic heterocycles. The summed E-state index contributed by atoms with van der Waals surface area (Å²) in [7, 11) is -3.34. The molecule has 0 saturated carbocycles. The minimum Gasteiger partial charge on any atom is -0.363 e. The van der Waals surface area contributed by atoms with Gasteiger partial charge in [0, 0.05) is 31.7 Å². The Kier molecular flexibility index (Phi) is 4.52. The topological polar surface area (TPSA) is 127 Å². The summed E-state index contributed by atoms with van der Waals surface area (Å²) in [5.41, 5.74) is -0.469. The van der Waals surface area contributed by atoms with Crippen LogP contribution in [0.25, 0.3) is 0 Å². The number of hydrogen-bond acceptors (Lipinski definition) is 7. The number of anilines is 1. The average molecular weight is 344 g/mol. The number of nitro benzene ring substituents is 2. The van der Waals surface area contributed by atoms with E-state index in [1.165, 1.54) is 16.4 Å². The lowest BCUT2D eigenvalue weighted by Gasteiger charge is -2.39. The zero-order valence-corrected chi connectivity index (χ0v) is 13.4. The Balaban J connectivity index is 2.33. The summed E-state index contributed by atoms with van der Waals surface area (Å²) in [6, 6.07) is 3.10. The monoisotopic (exact) mass is 344 g/mol. The van der Waals surface area contributed by atoms with E-state index in [1.54, 1.807) is 11.8 Å². The third-order valence-corrected chi connectivity index (χ3v) is 5.09. The van der Waals surface area contributed by atoms with Crippen LogP contribution >= 0.6 is 0 Å². The molecule has 1 aromatic rings. The molecule has 0 spiro atoms. The first-order chi connectivity index (χ1) is 10.6. The van der Waals surface area contributed by atoms with Crippen LogP contribution < -0.4 is 4.90 Å². The maximum Gasteiger partial charge on any atom is 0.299 e. The van der Waals surface area contributed by atoms with Gasteiger partial charge in [-0.2, -0.15) is 4.31 Å². The quantitative estimate of drug-likeness (QED) is 0.588. The largest absolute Gasteiger partial charge is 0.363 e. The standard InChI is InChI=1S/C12H16N4O6S/c1-9-8-13(5-6-14(9)23(2,21)22)11-4-3-10(15(17)18)7-12(11)16(19)20/h3-4,7,9H,5-6,8H2,1-2H3/t9-/m0/s1. The Morgan fingerprint density at radius 3 is 2.30 bits per heavy atom. The molecule has 23 heavy (non-hydrogen) atoms. The summed E-state index contributed by atoms with van der Waals surface area (Å²) < 4.78 is 24.7. The summed E-state index contributed by atoms with van der Waals surface area (Å²) in [5.74, 6) is 0. The van der Waals surface area contributed by atoms with Crippen molar-refractivity contribution >= 4 is 27.1 Å². The van der Waals surface area contributed by atoms with E-state index in [4.69, 9.17) is 0 Å². The van der Waals surface area contributed by atoms with Gasteiger partial charge in [0.25, 0.3) is 11.4 Å². The molecule has 1 atom stereocenters. The molecule has 126 valence electrons. The van der Waals surface area contributed by atoms with Gasteiger partial charge in [-0.05, 0) is 13.0 Å². The first-order valence-electron chi connectivity index (χ1n) is 6.76. The zero-order chi connectivity index (χ0) is 17.4. The van der Waals surface area contributed by atoms with E-state index in [0.29, 0.717) is 0 Å². The molecular formula is C12H16N4O6S. The molecule has 0 bridgehead atoms. The molecule has 0 radical (unpaired) electrons. The highest BCUT2D eigenvalue weighted by Crippen LogP contribution is 2.33. The molecule has 1 heterocycles. The van der Waals surface area contributed by atoms with Gasteiger partial charge in [-0.1, -0.05) is 0 Å². The van der Waals surface area contributed by atoms with Crippen molar-refractivity contribution in [2.45, 2.75) is 13.0 Å². The minimum absolute atomic E-state index is 0.203. The number of sulfonamides is 1. The van der Waals surface area contributed by atoms with Crippen LogP contribution in [0.4, 0.5) is 17.1 Å². The van der Waals surface area contributed by atoms with Crippen LogP contribution in [0.1, 0.15) is 6.92 Å². The highest BCUT2D eigenvalue weighted by Gasteiger charge is 2.32. The fourth-order valence-electron chi connectivity index (χ4n) is 2.69. The van der Waals surface area contributed by atoms with Crippen LogP contribution in [0.3, 0.4) is 0 Å². The second-order valence-corrected chi connectivity index (χ2v) is 7.29. The van der Waals surface area contributed by atoms with Gasteiger partial charge in [-0.3, -0.25) is 20.2 Å². The van der Waals surface area contributed by atoms with E-state index in [9.17, 15) is 28.6 Å². The molecule has 1 fully saturated rings. The van der Waals surface area contributed by atoms with E-state index in [-0.39, 0.29) is 42.7 Å². The predicted molar refractivity (Wildman–Crippen MR) is 83.0 cm³/mol. The number of hydrogen-bond donors (Lipinski definition) is 0. The molecule has 0 aromatic heterocycles. The Hall–Kier alpha value is -2.27. The van der Waals surface area contributed by atoms with E-state index in [0.717, 1.165) is 12.3 Å². The first-order valence-corrected chi connectivity index (χ1v) is 8.60. The highest BCUT2D eigenvalue weighted by molar-refractivity contribution is 7.88. The van der Waals surface area contributed by atoms with Gasteiger partial charge in [-0.25, -0.2) is 8.42 Å². The van der Waals surface area contributed by atoms with Crippen LogP contribution in [-0.2, 0) is 10.0 Å². The predicted octanol–water partition coefficient (Wildman–Crippen LogP) is 0.973. The molecule has 0 amide bonds. The van der Waals surface area contributed by atoms with Gasteiger partial charge in [0.2, 0.25) is 10.0 Å². The molecule has 1 saturated heterocycles. The molecule has 0 N–H and O–H groups in total. The lowest BCUT2D eigenvalue weighted by Crippen LogP contribution is -2.53. The Morgan fingerprint density at radius 1 is 1.17 bits per heavy atom. The van der Waals surface area contributed by atoms with Gasteiger partial charge in [0.1, 0.15) is 5.69 Å². The van der Waals surface area contributed by atoms with Crippen LogP contribution in [0.15, 0.2) is 18.2 Å². The van der Waals surface area contributed by atoms with Crippen molar-refractivity contribution in [2.75, 3.05) is 30.8 Å². The average Bonchev–Trinajstić information content (AvgIpc) is 2.44. The van der Waals surface area contributed by atoms with Gasteiger partial charge in [0.15, 0.2) is 0 Å². The molecule has 10 nitrogen and oxygen atoms in total. The molecule has 1 aliphatic rings. The number of non-ortho nitro benzene ring substituents is 1. The van der Waals surface area contributed by atoms with Crippen molar-refractivity contribution in [2.24, 2.45) is 0 Å². The lowest BCUT2D eigenvalue weighted by molar-refractivity contribution is -0.393. The Morgan fingerprint density at radius 2 is 1.83 bits per heavy atom. The van der Waals surface area contributed by atoms with Crippen molar-refractivity contribution < 1.29 is 18.3 Å². The minimum atomic E-state index is -3.34. The van der Waals surface area contributed by atoms with Crippen molar-refractivity contribution in [3.05, 3.63) is 38.4 Å². The fraction of sp³-hybridized carbons (Fsp3) is 0.500. The number of nitro groups is 2. The maximum atomic E-state index is 11.7. The Labute approximate surface area is 132 Å². The van der Waals surface area contributed by atoms with Gasteiger partial charge in [-0.15, -0.1) is 0 Å². The number of benzene rings is 1. The smallest absolute Gasteiger partial charge is 0.299 e. The van der Waals surface area contributed by atoms with Crippen molar-refractivity contribution in [1.29, 1.82) is 0 Å². The van der Waals surface area contributed by atoms with E-state index >= 15 is 0 Å². The fourth-order valence-corrected chi connectivity index (χ4v) is 3.83. The summed E-state index contributed by atoms with van der Waals surface area (Å²) in [6.07, 6.45) is 1.12. The second-order valence-electron chi connectivity index (χ2n) is 5.36. The third-order valence-electron chi connectivity index (χ3n) is 3.70. The number of piperazine rings is 1. The molecule has 0 aliphatic carbocycles. The molecular weight excluding hydrogens is 328 g/mol. The number of rotatable bonds is 4. The van der Waals surface area contributed by atoms with Crippen molar-refractivity contribution in [1.82, 2.24) is 4.31 Å². The van der Waals surface area contributed by atoms with Crippen LogP contribution in [0.5, 0.6) is 0 Å². The zero-order valence-electron chi connectivity index (χ0n) is 12.6. The molecule has 0 unspecified atom stereocenters. The normalized spacial score (nSPS) is 19.6. The van der Waals surface area contributed by atoms with Gasteiger partial charge < -0.3 is 4.90 Å². The van der Waals surface area contributed by atoms with E-state index < -0.39 is 19.9 Å². The lowest BCUT2D eigenvalue weighted by atomic mass is 10.1. The van der Waals surface area contributed by atoms with Crippen LogP contribution in [0, 0.1) is 20.2 Å². The van der Waals surface area contributed by atoms with Crippen molar-refractivity contribution in [3.63, 3.8) is 0 Å².